The van der Waals surface area contributed by atoms with Crippen molar-refractivity contribution in [3.63, 3.8) is 0 Å². The van der Waals surface area contributed by atoms with Gasteiger partial charge >= 0.3 is 5.97 Å². The van der Waals surface area contributed by atoms with Crippen molar-refractivity contribution in [2.24, 2.45) is 0 Å². The molecule has 0 aliphatic heterocycles. The van der Waals surface area contributed by atoms with Crippen molar-refractivity contribution in [1.29, 1.82) is 0 Å². The highest BCUT2D eigenvalue weighted by atomic mass is 16.4. The van der Waals surface area contributed by atoms with Gasteiger partial charge in [0.25, 0.3) is 0 Å². The summed E-state index contributed by atoms with van der Waals surface area (Å²) in [5.74, 6) is -0.180. The zero-order valence-electron chi connectivity index (χ0n) is 14.8. The lowest BCUT2D eigenvalue weighted by Gasteiger charge is -2.00. The van der Waals surface area contributed by atoms with Gasteiger partial charge in [-0.05, 0) is 13.3 Å². The van der Waals surface area contributed by atoms with Crippen molar-refractivity contribution in [3.05, 3.63) is 41.3 Å². The molecule has 2 N–H and O–H groups in total. The molecule has 0 aliphatic rings. The summed E-state index contributed by atoms with van der Waals surface area (Å²) < 4.78 is 0. The van der Waals surface area contributed by atoms with Gasteiger partial charge in [0.05, 0.1) is 0 Å². The molecule has 0 saturated heterocycles. The van der Waals surface area contributed by atoms with E-state index in [9.17, 15) is 9.90 Å². The maximum Gasteiger partial charge on any atom is 0.354 e. The highest BCUT2D eigenvalue weighted by Gasteiger charge is 2.17. The molecular formula is C20H28N2O2. The van der Waals surface area contributed by atoms with E-state index in [1.807, 2.05) is 31.2 Å². The molecule has 0 bridgehead atoms. The van der Waals surface area contributed by atoms with E-state index < -0.39 is 5.97 Å². The SMILES string of the molecule is CCCCCCCCCc1nc(-c2ccc(C)cc2)c(C(=O)O)[nH]1. The Hall–Kier alpha value is -2.10. The average molecular weight is 328 g/mol. The van der Waals surface area contributed by atoms with Crippen LogP contribution in [0.1, 0.15) is 73.7 Å². The third-order valence-electron chi connectivity index (χ3n) is 4.31. The third-order valence-corrected chi connectivity index (χ3v) is 4.31. The van der Waals surface area contributed by atoms with E-state index in [-0.39, 0.29) is 5.69 Å². The Labute approximate surface area is 144 Å². The van der Waals surface area contributed by atoms with Crippen LogP contribution in [0.2, 0.25) is 0 Å². The van der Waals surface area contributed by atoms with Crippen LogP contribution >= 0.6 is 0 Å². The van der Waals surface area contributed by atoms with Crippen LogP contribution in [0.15, 0.2) is 24.3 Å². The Morgan fingerprint density at radius 2 is 1.67 bits per heavy atom. The van der Waals surface area contributed by atoms with Crippen LogP contribution in [0, 0.1) is 6.92 Å². The first-order valence-electron chi connectivity index (χ1n) is 9.01. The highest BCUT2D eigenvalue weighted by molar-refractivity contribution is 5.92. The van der Waals surface area contributed by atoms with Gasteiger partial charge in [-0.1, -0.05) is 75.3 Å². The van der Waals surface area contributed by atoms with Crippen LogP contribution in [0.4, 0.5) is 0 Å². The molecule has 1 aromatic carbocycles. The summed E-state index contributed by atoms with van der Waals surface area (Å²) in [6.45, 7) is 4.24. The van der Waals surface area contributed by atoms with Crippen molar-refractivity contribution in [2.75, 3.05) is 0 Å². The molecule has 0 aliphatic carbocycles. The first-order chi connectivity index (χ1) is 11.6. The maximum absolute atomic E-state index is 11.5. The lowest BCUT2D eigenvalue weighted by atomic mass is 10.1. The van der Waals surface area contributed by atoms with E-state index in [1.54, 1.807) is 0 Å². The van der Waals surface area contributed by atoms with E-state index in [1.165, 1.54) is 38.5 Å². The van der Waals surface area contributed by atoms with Crippen molar-refractivity contribution in [1.82, 2.24) is 9.97 Å². The number of aryl methyl sites for hydroxylation is 2. The smallest absolute Gasteiger partial charge is 0.354 e. The fourth-order valence-electron chi connectivity index (χ4n) is 2.87. The van der Waals surface area contributed by atoms with Crippen LogP contribution in [0.3, 0.4) is 0 Å². The third kappa shape index (κ3) is 5.22. The second-order valence-electron chi connectivity index (χ2n) is 6.45. The number of rotatable bonds is 10. The quantitative estimate of drug-likeness (QED) is 0.576. The van der Waals surface area contributed by atoms with Crippen molar-refractivity contribution < 1.29 is 9.90 Å². The minimum absolute atomic E-state index is 0.191. The summed E-state index contributed by atoms with van der Waals surface area (Å²) in [5.41, 5.74) is 2.73. The Kier molecular flexibility index (Phi) is 7.04. The van der Waals surface area contributed by atoms with E-state index in [4.69, 9.17) is 0 Å². The standard InChI is InChI=1S/C20H28N2O2/c1-3-4-5-6-7-8-9-10-17-21-18(19(22-17)20(23)24)16-13-11-15(2)12-14-16/h11-14H,3-10H2,1-2H3,(H,21,22)(H,23,24). The second kappa shape index (κ2) is 9.26. The predicted molar refractivity (Wildman–Crippen MR) is 97.4 cm³/mol. The van der Waals surface area contributed by atoms with Gasteiger partial charge in [-0.2, -0.15) is 0 Å². The molecule has 1 aromatic heterocycles. The summed E-state index contributed by atoms with van der Waals surface area (Å²) in [4.78, 5) is 19.0. The van der Waals surface area contributed by atoms with Gasteiger partial charge in [0.15, 0.2) is 5.69 Å². The second-order valence-corrected chi connectivity index (χ2v) is 6.45. The number of hydrogen-bond donors (Lipinski definition) is 2. The number of aromatic carboxylic acids is 1. The molecular weight excluding hydrogens is 300 g/mol. The van der Waals surface area contributed by atoms with Crippen LogP contribution in [0.25, 0.3) is 11.3 Å². The molecule has 24 heavy (non-hydrogen) atoms. The first kappa shape index (κ1) is 18.2. The minimum atomic E-state index is -0.955. The van der Waals surface area contributed by atoms with Crippen molar-refractivity contribution >= 4 is 5.97 Å². The number of hydrogen-bond acceptors (Lipinski definition) is 2. The van der Waals surface area contributed by atoms with Crippen LogP contribution < -0.4 is 0 Å². The molecule has 4 nitrogen and oxygen atoms in total. The number of carboxylic acid groups (broad SMARTS) is 1. The Morgan fingerprint density at radius 1 is 1.04 bits per heavy atom. The van der Waals surface area contributed by atoms with Gasteiger partial charge < -0.3 is 10.1 Å². The zero-order valence-corrected chi connectivity index (χ0v) is 14.8. The normalized spacial score (nSPS) is 10.9. The van der Waals surface area contributed by atoms with Gasteiger partial charge in [-0.3, -0.25) is 0 Å². The molecule has 1 heterocycles. The molecule has 4 heteroatoms. The van der Waals surface area contributed by atoms with E-state index >= 15 is 0 Å². The summed E-state index contributed by atoms with van der Waals surface area (Å²) in [5, 5.41) is 9.42. The molecule has 2 aromatic rings. The Morgan fingerprint density at radius 3 is 2.29 bits per heavy atom. The fraction of sp³-hybridized carbons (Fsp3) is 0.500. The number of imidazole rings is 1. The van der Waals surface area contributed by atoms with E-state index in [2.05, 4.69) is 16.9 Å². The maximum atomic E-state index is 11.5. The fourth-order valence-corrected chi connectivity index (χ4v) is 2.87. The Balaban J connectivity index is 1.96. The van der Waals surface area contributed by atoms with Gasteiger partial charge in [0, 0.05) is 12.0 Å². The highest BCUT2D eigenvalue weighted by Crippen LogP contribution is 2.23. The Bertz CT molecular complexity index is 644. The van der Waals surface area contributed by atoms with Gasteiger partial charge in [-0.25, -0.2) is 9.78 Å². The molecule has 0 fully saturated rings. The molecule has 0 radical (unpaired) electrons. The van der Waals surface area contributed by atoms with Crippen molar-refractivity contribution in [2.45, 2.75) is 65.2 Å². The van der Waals surface area contributed by atoms with Crippen molar-refractivity contribution in [3.8, 4) is 11.3 Å². The number of aromatic nitrogens is 2. The molecule has 0 amide bonds. The van der Waals surface area contributed by atoms with Crippen LogP contribution in [-0.4, -0.2) is 21.0 Å². The zero-order chi connectivity index (χ0) is 17.4. The lowest BCUT2D eigenvalue weighted by Crippen LogP contribution is -1.99. The average Bonchev–Trinajstić information content (AvgIpc) is 2.99. The summed E-state index contributed by atoms with van der Waals surface area (Å²) in [7, 11) is 0. The number of aromatic amines is 1. The number of carbonyl (C=O) groups is 1. The van der Waals surface area contributed by atoms with Crippen LogP contribution in [0.5, 0.6) is 0 Å². The monoisotopic (exact) mass is 328 g/mol. The molecule has 2 rings (SSSR count). The first-order valence-corrected chi connectivity index (χ1v) is 9.01. The summed E-state index contributed by atoms with van der Waals surface area (Å²) >= 11 is 0. The van der Waals surface area contributed by atoms with E-state index in [0.29, 0.717) is 5.69 Å². The lowest BCUT2D eigenvalue weighted by molar-refractivity contribution is 0.0692. The molecule has 130 valence electrons. The van der Waals surface area contributed by atoms with E-state index in [0.717, 1.165) is 29.8 Å². The van der Waals surface area contributed by atoms with Gasteiger partial charge in [0.2, 0.25) is 0 Å². The number of unbranched alkanes of at least 4 members (excludes halogenated alkanes) is 6. The molecule has 0 saturated carbocycles. The molecule has 0 spiro atoms. The summed E-state index contributed by atoms with van der Waals surface area (Å²) in [6.07, 6.45) is 9.47. The topological polar surface area (TPSA) is 66.0 Å². The number of nitrogens with zero attached hydrogens (tertiary/aromatic N) is 1. The minimum Gasteiger partial charge on any atom is -0.477 e. The molecule has 0 atom stereocenters. The number of benzene rings is 1. The molecule has 0 unspecified atom stereocenters. The number of carboxylic acids is 1. The van der Waals surface area contributed by atoms with Crippen LogP contribution in [-0.2, 0) is 6.42 Å². The number of H-pyrrole nitrogens is 1. The van der Waals surface area contributed by atoms with Gasteiger partial charge in [0.1, 0.15) is 11.5 Å². The largest absolute Gasteiger partial charge is 0.477 e. The predicted octanol–water partition coefficient (Wildman–Crippen LogP) is 5.38. The van der Waals surface area contributed by atoms with Gasteiger partial charge in [-0.15, -0.1) is 0 Å². The number of nitrogens with one attached hydrogen (secondary N) is 1. The summed E-state index contributed by atoms with van der Waals surface area (Å²) in [6, 6.07) is 7.81.